The van der Waals surface area contributed by atoms with Gasteiger partial charge in [0.1, 0.15) is 0 Å². The van der Waals surface area contributed by atoms with E-state index in [0.29, 0.717) is 23.9 Å². The maximum Gasteiger partial charge on any atom is 0.240 e. The maximum atomic E-state index is 5.75. The first-order valence-corrected chi connectivity index (χ1v) is 4.97. The highest BCUT2D eigenvalue weighted by Gasteiger charge is 2.42. The first kappa shape index (κ1) is 8.05. The Labute approximate surface area is 81.6 Å². The molecule has 14 heavy (non-hydrogen) atoms. The van der Waals surface area contributed by atoms with Crippen molar-refractivity contribution in [1.29, 1.82) is 0 Å². The van der Waals surface area contributed by atoms with Crippen molar-refractivity contribution in [2.45, 2.75) is 37.3 Å². The van der Waals surface area contributed by atoms with Crippen LogP contribution in [0.15, 0.2) is 0 Å². The van der Waals surface area contributed by atoms with E-state index < -0.39 is 0 Å². The topological polar surface area (TPSA) is 94.8 Å². The van der Waals surface area contributed by atoms with Crippen LogP contribution in [-0.4, -0.2) is 27.0 Å². The first-order chi connectivity index (χ1) is 6.75. The van der Waals surface area contributed by atoms with E-state index in [1.807, 2.05) is 0 Å². The molecule has 2 aliphatic heterocycles. The molecule has 5 N–H and O–H groups in total. The molecular weight excluding hydrogens is 180 g/mol. The van der Waals surface area contributed by atoms with Crippen LogP contribution in [0, 0.1) is 0 Å². The monoisotopic (exact) mass is 194 g/mol. The average molecular weight is 194 g/mol. The molecule has 6 heteroatoms. The van der Waals surface area contributed by atoms with Crippen molar-refractivity contribution in [1.82, 2.24) is 20.2 Å². The van der Waals surface area contributed by atoms with Crippen molar-refractivity contribution in [3.63, 3.8) is 0 Å². The number of nitrogens with zero attached hydrogens (tertiary/aromatic N) is 3. The third kappa shape index (κ3) is 0.942. The molecule has 3 atom stereocenters. The second-order valence-electron chi connectivity index (χ2n) is 4.18. The molecule has 3 rings (SSSR count). The number of aromatic nitrogens is 3. The van der Waals surface area contributed by atoms with Crippen molar-refractivity contribution < 1.29 is 0 Å². The third-order valence-corrected chi connectivity index (χ3v) is 3.38. The fourth-order valence-electron chi connectivity index (χ4n) is 2.68. The van der Waals surface area contributed by atoms with Crippen LogP contribution in [0.1, 0.15) is 31.0 Å². The van der Waals surface area contributed by atoms with Gasteiger partial charge in [-0.05, 0) is 19.3 Å². The zero-order chi connectivity index (χ0) is 9.71. The molecule has 2 aliphatic rings. The van der Waals surface area contributed by atoms with Gasteiger partial charge in [0.25, 0.3) is 0 Å². The predicted molar refractivity (Wildman–Crippen MR) is 51.9 cm³/mol. The normalized spacial score (nSPS) is 35.3. The van der Waals surface area contributed by atoms with Crippen LogP contribution in [0.5, 0.6) is 0 Å². The Kier molecular flexibility index (Phi) is 1.49. The Morgan fingerprint density at radius 1 is 1.36 bits per heavy atom. The lowest BCUT2D eigenvalue weighted by atomic mass is 9.89. The summed E-state index contributed by atoms with van der Waals surface area (Å²) >= 11 is 0. The number of nitrogens with one attached hydrogen (secondary N) is 1. The second-order valence-corrected chi connectivity index (χ2v) is 4.18. The van der Waals surface area contributed by atoms with Gasteiger partial charge < -0.3 is 16.9 Å². The summed E-state index contributed by atoms with van der Waals surface area (Å²) in [6.07, 6.45) is 3.59. The smallest absolute Gasteiger partial charge is 0.240 e. The van der Waals surface area contributed by atoms with Crippen LogP contribution in [0.2, 0.25) is 0 Å². The van der Waals surface area contributed by atoms with E-state index in [-0.39, 0.29) is 0 Å². The number of fused-ring (bicyclic) bond motifs is 2. The largest absolute Gasteiger partial charge is 0.366 e. The molecule has 2 bridgehead atoms. The minimum atomic E-state index is 0.294. The summed E-state index contributed by atoms with van der Waals surface area (Å²) in [5.41, 5.74) is 5.55. The van der Waals surface area contributed by atoms with Gasteiger partial charge in [-0.15, -0.1) is 10.2 Å². The molecule has 1 aromatic heterocycles. The SMILES string of the molecule is Nc1nnc(C2CC3CCC2N3)n1N. The Balaban J connectivity index is 1.93. The summed E-state index contributed by atoms with van der Waals surface area (Å²) in [4.78, 5) is 0. The number of hydrogen-bond donors (Lipinski definition) is 3. The van der Waals surface area contributed by atoms with Crippen LogP contribution in [0.25, 0.3) is 0 Å². The zero-order valence-electron chi connectivity index (χ0n) is 7.85. The van der Waals surface area contributed by atoms with Crippen LogP contribution in [-0.2, 0) is 0 Å². The van der Waals surface area contributed by atoms with Gasteiger partial charge in [0, 0.05) is 18.0 Å². The Morgan fingerprint density at radius 3 is 2.71 bits per heavy atom. The molecule has 0 amide bonds. The van der Waals surface area contributed by atoms with E-state index in [1.54, 1.807) is 0 Å². The Hall–Kier alpha value is -1.30. The van der Waals surface area contributed by atoms with Crippen molar-refractivity contribution in [2.24, 2.45) is 0 Å². The average Bonchev–Trinajstić information content (AvgIpc) is 2.84. The summed E-state index contributed by atoms with van der Waals surface area (Å²) in [6, 6.07) is 1.16. The summed E-state index contributed by atoms with van der Waals surface area (Å²) in [5.74, 6) is 7.26. The fraction of sp³-hybridized carbons (Fsp3) is 0.750. The van der Waals surface area contributed by atoms with Crippen molar-refractivity contribution in [2.75, 3.05) is 11.6 Å². The summed E-state index contributed by atoms with van der Waals surface area (Å²) in [6.45, 7) is 0. The molecular formula is C8H14N6. The standard InChI is InChI=1S/C8H14N6/c9-8-13-12-7(14(8)10)5-3-4-1-2-6(5)11-4/h4-6,11H,1-3,10H2,(H2,9,13). The van der Waals surface area contributed by atoms with E-state index in [9.17, 15) is 0 Å². The van der Waals surface area contributed by atoms with E-state index in [1.165, 1.54) is 17.5 Å². The number of hydrogen-bond acceptors (Lipinski definition) is 5. The van der Waals surface area contributed by atoms with Gasteiger partial charge >= 0.3 is 0 Å². The van der Waals surface area contributed by atoms with Gasteiger partial charge in [0.2, 0.25) is 5.95 Å². The minimum Gasteiger partial charge on any atom is -0.366 e. The second kappa shape index (κ2) is 2.60. The number of nitrogens with two attached hydrogens (primary N) is 2. The molecule has 1 aromatic rings. The van der Waals surface area contributed by atoms with E-state index in [2.05, 4.69) is 15.5 Å². The Bertz CT molecular complexity index is 359. The van der Waals surface area contributed by atoms with Gasteiger partial charge in [0.15, 0.2) is 5.82 Å². The van der Waals surface area contributed by atoms with Gasteiger partial charge in [-0.1, -0.05) is 0 Å². The Morgan fingerprint density at radius 2 is 2.21 bits per heavy atom. The minimum absolute atomic E-state index is 0.294. The number of nitrogen functional groups attached to an aromatic ring is 2. The van der Waals surface area contributed by atoms with Gasteiger partial charge in [-0.2, -0.15) is 0 Å². The fourth-order valence-corrected chi connectivity index (χ4v) is 2.68. The molecule has 3 heterocycles. The zero-order valence-corrected chi connectivity index (χ0v) is 7.85. The summed E-state index contributed by atoms with van der Waals surface area (Å²) in [5, 5.41) is 11.4. The molecule has 2 fully saturated rings. The molecule has 76 valence electrons. The molecule has 0 spiro atoms. The molecule has 0 radical (unpaired) electrons. The van der Waals surface area contributed by atoms with Crippen LogP contribution in [0.3, 0.4) is 0 Å². The predicted octanol–water partition coefficient (Wildman–Crippen LogP) is -0.818. The molecule has 3 unspecified atom stereocenters. The van der Waals surface area contributed by atoms with Crippen LogP contribution < -0.4 is 16.9 Å². The molecule has 0 aliphatic carbocycles. The van der Waals surface area contributed by atoms with E-state index in [0.717, 1.165) is 12.2 Å². The quantitative estimate of drug-likeness (QED) is 0.508. The van der Waals surface area contributed by atoms with E-state index >= 15 is 0 Å². The number of rotatable bonds is 1. The molecule has 0 aromatic carbocycles. The lowest BCUT2D eigenvalue weighted by molar-refractivity contribution is 0.479. The maximum absolute atomic E-state index is 5.75. The first-order valence-electron chi connectivity index (χ1n) is 4.97. The number of anilines is 1. The lowest BCUT2D eigenvalue weighted by Gasteiger charge is -2.18. The highest BCUT2D eigenvalue weighted by atomic mass is 15.4. The molecule has 6 nitrogen and oxygen atoms in total. The van der Waals surface area contributed by atoms with E-state index in [4.69, 9.17) is 11.6 Å². The van der Waals surface area contributed by atoms with Gasteiger partial charge in [-0.25, -0.2) is 4.68 Å². The van der Waals surface area contributed by atoms with Crippen LogP contribution >= 0.6 is 0 Å². The summed E-state index contributed by atoms with van der Waals surface area (Å²) in [7, 11) is 0. The van der Waals surface area contributed by atoms with Crippen molar-refractivity contribution in [3.8, 4) is 0 Å². The molecule has 0 saturated carbocycles. The highest BCUT2D eigenvalue weighted by Crippen LogP contribution is 2.38. The van der Waals surface area contributed by atoms with Gasteiger partial charge in [-0.3, -0.25) is 0 Å². The third-order valence-electron chi connectivity index (χ3n) is 3.38. The van der Waals surface area contributed by atoms with Crippen molar-refractivity contribution >= 4 is 5.95 Å². The van der Waals surface area contributed by atoms with Gasteiger partial charge in [0.05, 0.1) is 0 Å². The highest BCUT2D eigenvalue weighted by molar-refractivity contribution is 5.22. The van der Waals surface area contributed by atoms with Crippen molar-refractivity contribution in [3.05, 3.63) is 5.82 Å². The molecule has 2 saturated heterocycles. The lowest BCUT2D eigenvalue weighted by Crippen LogP contribution is -2.26. The summed E-state index contributed by atoms with van der Waals surface area (Å²) < 4.78 is 1.41. The van der Waals surface area contributed by atoms with Crippen LogP contribution in [0.4, 0.5) is 5.95 Å².